The monoisotopic (exact) mass is 198 g/mol. The van der Waals surface area contributed by atoms with Gasteiger partial charge in [-0.15, -0.1) is 0 Å². The number of carboxylic acid groups (broad SMARTS) is 1. The number of fused-ring (bicyclic) bond motifs is 4. The van der Waals surface area contributed by atoms with Crippen molar-refractivity contribution in [2.75, 3.05) is 0 Å². The van der Waals surface area contributed by atoms with E-state index in [9.17, 15) is 14.4 Å². The minimum atomic E-state index is -1.46. The second-order valence-corrected chi connectivity index (χ2v) is 3.87. The van der Waals surface area contributed by atoms with Crippen LogP contribution in [0.3, 0.4) is 0 Å². The van der Waals surface area contributed by atoms with Gasteiger partial charge in [-0.05, 0) is 25.7 Å². The van der Waals surface area contributed by atoms with Gasteiger partial charge in [-0.25, -0.2) is 0 Å². The third kappa shape index (κ3) is 1.05. The van der Waals surface area contributed by atoms with Crippen molar-refractivity contribution in [2.45, 2.75) is 25.7 Å². The molecule has 0 aromatic heterocycles. The number of carboxylic acids is 1. The first-order valence-electron chi connectivity index (χ1n) is 4.56. The Balaban J connectivity index is 2.40. The lowest BCUT2D eigenvalue weighted by molar-refractivity contribution is -0.171. The predicted octanol–water partition coefficient (Wildman–Crippen LogP) is 0.331. The summed E-state index contributed by atoms with van der Waals surface area (Å²) in [4.78, 5) is 33.6. The first kappa shape index (κ1) is 9.18. The van der Waals surface area contributed by atoms with Gasteiger partial charge in [0.25, 0.3) is 0 Å². The second kappa shape index (κ2) is 2.80. The maximum atomic E-state index is 11.4. The molecule has 3 rings (SSSR count). The molecule has 2 aliphatic heterocycles. The smallest absolute Gasteiger partial charge is 0.331 e. The lowest BCUT2D eigenvalue weighted by Gasteiger charge is -2.27. The number of carbonyl (C=O) groups excluding carboxylic acids is 2. The highest BCUT2D eigenvalue weighted by Crippen LogP contribution is 2.43. The van der Waals surface area contributed by atoms with Crippen molar-refractivity contribution in [1.82, 2.24) is 0 Å². The van der Waals surface area contributed by atoms with Crippen LogP contribution in [-0.4, -0.2) is 23.0 Å². The van der Waals surface area contributed by atoms with Gasteiger partial charge in [0.1, 0.15) is 0 Å². The highest BCUT2D eigenvalue weighted by molar-refractivity contribution is 6.04. The lowest BCUT2D eigenvalue weighted by atomic mass is 9.71. The van der Waals surface area contributed by atoms with E-state index in [4.69, 9.17) is 5.11 Å². The molecule has 5 heteroatoms. The van der Waals surface area contributed by atoms with Crippen LogP contribution in [0.1, 0.15) is 25.7 Å². The van der Waals surface area contributed by atoms with Gasteiger partial charge in [0.05, 0.1) is 5.92 Å². The van der Waals surface area contributed by atoms with Crippen LogP contribution in [0.2, 0.25) is 0 Å². The number of esters is 2. The summed E-state index contributed by atoms with van der Waals surface area (Å²) in [6, 6.07) is 0. The Kier molecular flexibility index (Phi) is 1.83. The van der Waals surface area contributed by atoms with Gasteiger partial charge >= 0.3 is 17.9 Å². The molecule has 76 valence electrons. The molecule has 0 radical (unpaired) electrons. The van der Waals surface area contributed by atoms with Crippen molar-refractivity contribution in [2.24, 2.45) is 11.3 Å². The molecular weight excluding hydrogens is 188 g/mol. The minimum absolute atomic E-state index is 0.220. The van der Waals surface area contributed by atoms with E-state index < -0.39 is 23.3 Å². The molecule has 0 amide bonds. The van der Waals surface area contributed by atoms with Crippen molar-refractivity contribution in [3.63, 3.8) is 0 Å². The molecule has 2 saturated heterocycles. The van der Waals surface area contributed by atoms with Crippen LogP contribution in [0.4, 0.5) is 0 Å². The van der Waals surface area contributed by atoms with Crippen LogP contribution >= 0.6 is 0 Å². The number of hydrogen-bond donors (Lipinski definition) is 1. The van der Waals surface area contributed by atoms with Crippen molar-refractivity contribution in [3.8, 4) is 0 Å². The summed E-state index contributed by atoms with van der Waals surface area (Å²) in [5.41, 5.74) is -1.46. The molecule has 2 heterocycles. The van der Waals surface area contributed by atoms with Crippen molar-refractivity contribution in [3.05, 3.63) is 0 Å². The zero-order valence-corrected chi connectivity index (χ0v) is 7.49. The van der Waals surface area contributed by atoms with E-state index >= 15 is 0 Å². The van der Waals surface area contributed by atoms with Gasteiger partial charge < -0.3 is 9.84 Å². The molecule has 2 bridgehead atoms. The third-order valence-electron chi connectivity index (χ3n) is 3.17. The average molecular weight is 198 g/mol. The maximum Gasteiger partial charge on any atom is 0.331 e. The summed E-state index contributed by atoms with van der Waals surface area (Å²) in [6.07, 6.45) is 1.32. The fourth-order valence-corrected chi connectivity index (χ4v) is 2.12. The predicted molar refractivity (Wildman–Crippen MR) is 43.1 cm³/mol. The summed E-state index contributed by atoms with van der Waals surface area (Å²) in [6.45, 7) is 0. The molecule has 1 aliphatic carbocycles. The molecule has 0 aromatic carbocycles. The van der Waals surface area contributed by atoms with E-state index in [-0.39, 0.29) is 18.8 Å². The Hall–Kier alpha value is -1.39. The molecular formula is C9H10O5. The molecule has 0 unspecified atom stereocenters. The Bertz CT molecular complexity index is 311. The van der Waals surface area contributed by atoms with Crippen LogP contribution in [-0.2, 0) is 19.1 Å². The van der Waals surface area contributed by atoms with Crippen molar-refractivity contribution in [1.29, 1.82) is 0 Å². The van der Waals surface area contributed by atoms with Gasteiger partial charge in [-0.3, -0.25) is 14.4 Å². The first-order chi connectivity index (χ1) is 6.56. The molecule has 1 saturated carbocycles. The first-order valence-corrected chi connectivity index (χ1v) is 4.56. The summed E-state index contributed by atoms with van der Waals surface area (Å²) >= 11 is 0. The van der Waals surface area contributed by atoms with Crippen molar-refractivity contribution >= 4 is 17.9 Å². The molecule has 5 nitrogen and oxygen atoms in total. The second-order valence-electron chi connectivity index (χ2n) is 3.87. The van der Waals surface area contributed by atoms with E-state index in [0.717, 1.165) is 0 Å². The summed E-state index contributed by atoms with van der Waals surface area (Å²) in [5.74, 6) is -2.89. The number of carbonyl (C=O) groups is 3. The van der Waals surface area contributed by atoms with Crippen molar-refractivity contribution < 1.29 is 24.2 Å². The number of hydrogen-bond acceptors (Lipinski definition) is 4. The van der Waals surface area contributed by atoms with E-state index in [1.807, 2.05) is 0 Å². The Morgan fingerprint density at radius 2 is 1.93 bits per heavy atom. The Morgan fingerprint density at radius 1 is 1.36 bits per heavy atom. The topological polar surface area (TPSA) is 80.7 Å². The molecule has 0 atom stereocenters. The van der Waals surface area contributed by atoms with Crippen LogP contribution in [0.25, 0.3) is 0 Å². The zero-order valence-electron chi connectivity index (χ0n) is 7.49. The summed E-state index contributed by atoms with van der Waals surface area (Å²) in [7, 11) is 0. The van der Waals surface area contributed by atoms with Crippen LogP contribution in [0, 0.1) is 11.3 Å². The molecule has 14 heavy (non-hydrogen) atoms. The number of rotatable bonds is 1. The molecule has 3 aliphatic rings. The SMILES string of the molecule is O=C1OC(=O)C2(C(=O)O)CCC1CC2. The van der Waals surface area contributed by atoms with E-state index in [1.165, 1.54) is 0 Å². The quantitative estimate of drug-likeness (QED) is 0.485. The zero-order chi connectivity index (χ0) is 10.3. The third-order valence-corrected chi connectivity index (χ3v) is 3.17. The largest absolute Gasteiger partial charge is 0.480 e. The van der Waals surface area contributed by atoms with E-state index in [2.05, 4.69) is 4.74 Å². The van der Waals surface area contributed by atoms with E-state index in [1.54, 1.807) is 0 Å². The van der Waals surface area contributed by atoms with Gasteiger partial charge in [-0.2, -0.15) is 0 Å². The van der Waals surface area contributed by atoms with E-state index in [0.29, 0.717) is 12.8 Å². The normalized spacial score (nSPS) is 36.4. The van der Waals surface area contributed by atoms with Gasteiger partial charge in [-0.1, -0.05) is 0 Å². The molecule has 0 spiro atoms. The van der Waals surface area contributed by atoms with Crippen LogP contribution < -0.4 is 0 Å². The van der Waals surface area contributed by atoms with Gasteiger partial charge in [0.2, 0.25) is 0 Å². The Morgan fingerprint density at radius 3 is 2.43 bits per heavy atom. The standard InChI is InChI=1S/C9H10O5/c10-6-5-1-3-9(4-2-5,7(11)12)8(13)14-6/h5H,1-4H2,(H,11,12). The maximum absolute atomic E-state index is 11.4. The fraction of sp³-hybridized carbons (Fsp3) is 0.667. The summed E-state index contributed by atoms with van der Waals surface area (Å²) in [5, 5.41) is 8.98. The Labute approximate surface area is 80.0 Å². The number of ether oxygens (including phenoxy) is 1. The minimum Gasteiger partial charge on any atom is -0.480 e. The fourth-order valence-electron chi connectivity index (χ4n) is 2.12. The average Bonchev–Trinajstić information content (AvgIpc) is 2.34. The summed E-state index contributed by atoms with van der Waals surface area (Å²) < 4.78 is 4.50. The highest BCUT2D eigenvalue weighted by atomic mass is 16.6. The van der Waals surface area contributed by atoms with Crippen LogP contribution in [0.15, 0.2) is 0 Å². The molecule has 1 N–H and O–H groups in total. The highest BCUT2D eigenvalue weighted by Gasteiger charge is 2.54. The van der Waals surface area contributed by atoms with Gasteiger partial charge in [0.15, 0.2) is 5.41 Å². The van der Waals surface area contributed by atoms with Crippen LogP contribution in [0.5, 0.6) is 0 Å². The lowest BCUT2D eigenvalue weighted by Crippen LogP contribution is -2.40. The molecule has 0 aromatic rings. The van der Waals surface area contributed by atoms with Gasteiger partial charge in [0, 0.05) is 0 Å². The number of aliphatic carboxylic acids is 1. The molecule has 3 fully saturated rings.